The largest absolute Gasteiger partial charge is 0.476 e. The van der Waals surface area contributed by atoms with Crippen molar-refractivity contribution in [3.8, 4) is 0 Å². The molecule has 0 unspecified atom stereocenters. The number of anilines is 2. The van der Waals surface area contributed by atoms with Gasteiger partial charge in [0, 0.05) is 11.9 Å². The van der Waals surface area contributed by atoms with E-state index in [0.29, 0.717) is 16.9 Å². The summed E-state index contributed by atoms with van der Waals surface area (Å²) in [5.74, 6) is -1.29. The highest BCUT2D eigenvalue weighted by Gasteiger charge is 2.18. The van der Waals surface area contributed by atoms with Crippen molar-refractivity contribution in [1.82, 2.24) is 9.38 Å². The van der Waals surface area contributed by atoms with Gasteiger partial charge < -0.3 is 10.4 Å². The van der Waals surface area contributed by atoms with E-state index in [4.69, 9.17) is 0 Å². The lowest BCUT2D eigenvalue weighted by atomic mass is 10.2. The fourth-order valence-electron chi connectivity index (χ4n) is 2.09. The minimum Gasteiger partial charge on any atom is -0.476 e. The number of pyridine rings is 1. The number of hydrogen-bond donors (Lipinski definition) is 2. The molecule has 0 bridgehead atoms. The van der Waals surface area contributed by atoms with Crippen LogP contribution < -0.4 is 5.32 Å². The molecule has 0 aliphatic heterocycles. The second-order valence-corrected chi connectivity index (χ2v) is 4.63. The van der Waals surface area contributed by atoms with Crippen LogP contribution in [0.3, 0.4) is 0 Å². The molecule has 0 aliphatic carbocycles. The van der Waals surface area contributed by atoms with Gasteiger partial charge in [0.2, 0.25) is 0 Å². The van der Waals surface area contributed by atoms with E-state index in [9.17, 15) is 14.3 Å². The number of carboxylic acid groups (broad SMARTS) is 1. The smallest absolute Gasteiger partial charge is 0.356 e. The number of carboxylic acids is 1. The Morgan fingerprint density at radius 1 is 1.33 bits per heavy atom. The second-order valence-electron chi connectivity index (χ2n) is 4.63. The molecule has 1 aromatic carbocycles. The normalized spacial score (nSPS) is 10.8. The Bertz CT molecular complexity index is 842. The molecule has 21 heavy (non-hydrogen) atoms. The summed E-state index contributed by atoms with van der Waals surface area (Å²) in [6, 6.07) is 9.79. The van der Waals surface area contributed by atoms with E-state index in [0.717, 1.165) is 0 Å². The first-order valence-electron chi connectivity index (χ1n) is 6.30. The van der Waals surface area contributed by atoms with Crippen LogP contribution in [0.15, 0.2) is 42.6 Å². The first-order chi connectivity index (χ1) is 10.1. The van der Waals surface area contributed by atoms with Crippen LogP contribution in [0, 0.1) is 12.7 Å². The minimum absolute atomic E-state index is 0.00610. The fourth-order valence-corrected chi connectivity index (χ4v) is 2.09. The number of halogens is 1. The number of aromatic carboxylic acids is 1. The van der Waals surface area contributed by atoms with Gasteiger partial charge >= 0.3 is 5.97 Å². The molecule has 2 N–H and O–H groups in total. The van der Waals surface area contributed by atoms with Crippen LogP contribution in [-0.2, 0) is 0 Å². The van der Waals surface area contributed by atoms with Crippen molar-refractivity contribution in [3.05, 3.63) is 59.7 Å². The Morgan fingerprint density at radius 3 is 2.86 bits per heavy atom. The molecule has 0 aliphatic rings. The molecule has 0 atom stereocenters. The van der Waals surface area contributed by atoms with Gasteiger partial charge in [-0.1, -0.05) is 12.1 Å². The average molecular weight is 285 g/mol. The number of fused-ring (bicyclic) bond motifs is 1. The van der Waals surface area contributed by atoms with E-state index in [2.05, 4.69) is 10.3 Å². The lowest BCUT2D eigenvalue weighted by Gasteiger charge is -2.06. The quantitative estimate of drug-likeness (QED) is 0.775. The molecule has 0 radical (unpaired) electrons. The van der Waals surface area contributed by atoms with Gasteiger partial charge in [0.25, 0.3) is 0 Å². The number of rotatable bonds is 3. The van der Waals surface area contributed by atoms with Gasteiger partial charge in [0.15, 0.2) is 11.5 Å². The summed E-state index contributed by atoms with van der Waals surface area (Å²) in [5.41, 5.74) is 1.48. The van der Waals surface area contributed by atoms with E-state index in [-0.39, 0.29) is 17.3 Å². The third-order valence-electron chi connectivity index (χ3n) is 3.17. The number of imidazole rings is 1. The van der Waals surface area contributed by atoms with Crippen LogP contribution in [-0.4, -0.2) is 20.5 Å². The first-order valence-corrected chi connectivity index (χ1v) is 6.30. The number of aromatic nitrogens is 2. The Morgan fingerprint density at radius 2 is 2.14 bits per heavy atom. The summed E-state index contributed by atoms with van der Waals surface area (Å²) in [7, 11) is 0. The predicted octanol–water partition coefficient (Wildman–Crippen LogP) is 3.22. The standard InChI is InChI=1S/C15H12FN3O2/c1-9-5-6-10(8-11(9)16)17-14-13(15(20)21)19-7-3-2-4-12(19)18-14/h2-8,17H,1H3,(H,20,21). The molecule has 0 saturated carbocycles. The maximum atomic E-state index is 13.6. The zero-order valence-electron chi connectivity index (χ0n) is 11.2. The molecule has 0 spiro atoms. The van der Waals surface area contributed by atoms with Crippen molar-refractivity contribution in [2.24, 2.45) is 0 Å². The summed E-state index contributed by atoms with van der Waals surface area (Å²) in [5, 5.41) is 12.2. The number of carbonyl (C=O) groups is 1. The number of benzene rings is 1. The molecule has 6 heteroatoms. The maximum Gasteiger partial charge on any atom is 0.356 e. The van der Waals surface area contributed by atoms with Crippen LogP contribution >= 0.6 is 0 Å². The van der Waals surface area contributed by atoms with Crippen LogP contribution in [0.4, 0.5) is 15.9 Å². The molecule has 0 saturated heterocycles. The van der Waals surface area contributed by atoms with Gasteiger partial charge in [-0.3, -0.25) is 4.40 Å². The maximum absolute atomic E-state index is 13.6. The molecule has 0 amide bonds. The number of nitrogens with one attached hydrogen (secondary N) is 1. The van der Waals surface area contributed by atoms with Crippen LogP contribution in [0.25, 0.3) is 5.65 Å². The van der Waals surface area contributed by atoms with Gasteiger partial charge in [0.1, 0.15) is 11.5 Å². The van der Waals surface area contributed by atoms with Crippen molar-refractivity contribution in [3.63, 3.8) is 0 Å². The Labute approximate surface area is 119 Å². The van der Waals surface area contributed by atoms with Gasteiger partial charge in [-0.15, -0.1) is 0 Å². The molecule has 3 rings (SSSR count). The second kappa shape index (κ2) is 4.90. The third kappa shape index (κ3) is 2.31. The van der Waals surface area contributed by atoms with Gasteiger partial charge in [-0.2, -0.15) is 0 Å². The summed E-state index contributed by atoms with van der Waals surface area (Å²) < 4.78 is 15.0. The summed E-state index contributed by atoms with van der Waals surface area (Å²) >= 11 is 0. The lowest BCUT2D eigenvalue weighted by molar-refractivity contribution is 0.0690. The van der Waals surface area contributed by atoms with Gasteiger partial charge in [-0.25, -0.2) is 14.2 Å². The molecule has 2 heterocycles. The SMILES string of the molecule is Cc1ccc(Nc2nc3ccccn3c2C(=O)O)cc1F. The molecule has 0 fully saturated rings. The number of nitrogens with zero attached hydrogens (tertiary/aromatic N) is 2. The van der Waals surface area contributed by atoms with Crippen molar-refractivity contribution in [2.75, 3.05) is 5.32 Å². The van der Waals surface area contributed by atoms with E-state index >= 15 is 0 Å². The van der Waals surface area contributed by atoms with Crippen LogP contribution in [0.2, 0.25) is 0 Å². The van der Waals surface area contributed by atoms with Gasteiger partial charge in [0.05, 0.1) is 0 Å². The topological polar surface area (TPSA) is 66.6 Å². The summed E-state index contributed by atoms with van der Waals surface area (Å²) in [6.07, 6.45) is 1.62. The Kier molecular flexibility index (Phi) is 3.06. The fraction of sp³-hybridized carbons (Fsp3) is 0.0667. The van der Waals surface area contributed by atoms with E-state index < -0.39 is 5.97 Å². The Hall–Kier alpha value is -2.89. The highest BCUT2D eigenvalue weighted by atomic mass is 19.1. The number of aryl methyl sites for hydroxylation is 1. The number of hydrogen-bond acceptors (Lipinski definition) is 3. The lowest BCUT2D eigenvalue weighted by Crippen LogP contribution is -2.05. The van der Waals surface area contributed by atoms with Gasteiger partial charge in [-0.05, 0) is 36.8 Å². The molecule has 106 valence electrons. The van der Waals surface area contributed by atoms with Crippen LogP contribution in [0.5, 0.6) is 0 Å². The monoisotopic (exact) mass is 285 g/mol. The molecular weight excluding hydrogens is 273 g/mol. The minimum atomic E-state index is -1.11. The molecule has 2 aromatic heterocycles. The molecular formula is C15H12FN3O2. The van der Waals surface area contributed by atoms with Crippen molar-refractivity contribution < 1.29 is 14.3 Å². The first kappa shape index (κ1) is 13.1. The van der Waals surface area contributed by atoms with E-state index in [1.165, 1.54) is 10.5 Å². The third-order valence-corrected chi connectivity index (χ3v) is 3.17. The Balaban J connectivity index is 2.09. The van der Waals surface area contributed by atoms with Crippen molar-refractivity contribution in [2.45, 2.75) is 6.92 Å². The van der Waals surface area contributed by atoms with Crippen molar-refractivity contribution in [1.29, 1.82) is 0 Å². The summed E-state index contributed by atoms with van der Waals surface area (Å²) in [4.78, 5) is 15.7. The average Bonchev–Trinajstić information content (AvgIpc) is 2.80. The zero-order chi connectivity index (χ0) is 15.0. The highest BCUT2D eigenvalue weighted by Crippen LogP contribution is 2.23. The van der Waals surface area contributed by atoms with Crippen LogP contribution in [0.1, 0.15) is 16.1 Å². The summed E-state index contributed by atoms with van der Waals surface area (Å²) in [6.45, 7) is 1.66. The predicted molar refractivity (Wildman–Crippen MR) is 76.6 cm³/mol. The van der Waals surface area contributed by atoms with E-state index in [1.54, 1.807) is 43.5 Å². The van der Waals surface area contributed by atoms with Crippen molar-refractivity contribution >= 4 is 23.1 Å². The highest BCUT2D eigenvalue weighted by molar-refractivity contribution is 5.93. The zero-order valence-corrected chi connectivity index (χ0v) is 11.2. The molecule has 3 aromatic rings. The van der Waals surface area contributed by atoms with E-state index in [1.807, 2.05) is 0 Å². The molecule has 5 nitrogen and oxygen atoms in total.